The molecular formula is C13H11ClFNO. The van der Waals surface area contributed by atoms with Crippen LogP contribution in [0.2, 0.25) is 5.02 Å². The molecule has 0 unspecified atom stereocenters. The van der Waals surface area contributed by atoms with Gasteiger partial charge in [-0.15, -0.1) is 0 Å². The third-order valence-corrected chi connectivity index (χ3v) is 2.64. The zero-order valence-corrected chi connectivity index (χ0v) is 9.75. The Bertz CT molecular complexity index is 531. The minimum atomic E-state index is -0.336. The lowest BCUT2D eigenvalue weighted by atomic mass is 10.2. The van der Waals surface area contributed by atoms with E-state index in [0.717, 1.165) is 0 Å². The van der Waals surface area contributed by atoms with Crippen LogP contribution >= 0.6 is 11.6 Å². The van der Waals surface area contributed by atoms with Gasteiger partial charge in [-0.3, -0.25) is 0 Å². The van der Waals surface area contributed by atoms with Crippen molar-refractivity contribution in [3.63, 3.8) is 0 Å². The Labute approximate surface area is 104 Å². The minimum Gasteiger partial charge on any atom is -0.487 e. The van der Waals surface area contributed by atoms with Crippen molar-refractivity contribution in [1.29, 1.82) is 0 Å². The van der Waals surface area contributed by atoms with Crippen molar-refractivity contribution in [1.82, 2.24) is 0 Å². The maximum absolute atomic E-state index is 13.0. The van der Waals surface area contributed by atoms with Crippen molar-refractivity contribution in [2.45, 2.75) is 6.61 Å². The predicted molar refractivity (Wildman–Crippen MR) is 66.6 cm³/mol. The molecule has 0 amide bonds. The molecule has 0 aromatic heterocycles. The highest BCUT2D eigenvalue weighted by molar-refractivity contribution is 6.32. The lowest BCUT2D eigenvalue weighted by molar-refractivity contribution is 0.306. The first-order chi connectivity index (χ1) is 8.16. The van der Waals surface area contributed by atoms with Crippen molar-refractivity contribution in [2.75, 3.05) is 5.73 Å². The number of rotatable bonds is 3. The third kappa shape index (κ3) is 2.88. The molecule has 0 aliphatic heterocycles. The number of nitrogens with two attached hydrogens (primary N) is 1. The molecule has 0 bridgehead atoms. The molecule has 2 aromatic rings. The number of benzene rings is 2. The van der Waals surface area contributed by atoms with Crippen LogP contribution in [-0.2, 0) is 6.61 Å². The molecule has 88 valence electrons. The molecule has 2 rings (SSSR count). The number of hydrogen-bond donors (Lipinski definition) is 1. The molecule has 2 aromatic carbocycles. The molecular weight excluding hydrogens is 241 g/mol. The number of hydrogen-bond acceptors (Lipinski definition) is 2. The Morgan fingerprint density at radius 2 is 1.94 bits per heavy atom. The standard InChI is InChI=1S/C13H11ClFNO/c14-11-3-1-2-4-13(11)17-8-9-7-10(15)5-6-12(9)16/h1-7H,8,16H2. The zero-order chi connectivity index (χ0) is 12.3. The first-order valence-corrected chi connectivity index (χ1v) is 5.46. The Hall–Kier alpha value is -1.74. The average molecular weight is 252 g/mol. The largest absolute Gasteiger partial charge is 0.487 e. The molecule has 0 spiro atoms. The van der Waals surface area contributed by atoms with Crippen molar-refractivity contribution < 1.29 is 9.13 Å². The number of ether oxygens (including phenoxy) is 1. The molecule has 0 saturated heterocycles. The van der Waals surface area contributed by atoms with Gasteiger partial charge in [0.05, 0.1) is 5.02 Å². The molecule has 0 atom stereocenters. The number of anilines is 1. The fraction of sp³-hybridized carbons (Fsp3) is 0.0769. The van der Waals surface area contributed by atoms with Crippen LogP contribution in [0.4, 0.5) is 10.1 Å². The summed E-state index contributed by atoms with van der Waals surface area (Å²) < 4.78 is 18.5. The first-order valence-electron chi connectivity index (χ1n) is 5.08. The zero-order valence-electron chi connectivity index (χ0n) is 8.99. The van der Waals surface area contributed by atoms with Gasteiger partial charge in [-0.2, -0.15) is 0 Å². The van der Waals surface area contributed by atoms with E-state index in [2.05, 4.69) is 0 Å². The van der Waals surface area contributed by atoms with Gasteiger partial charge >= 0.3 is 0 Å². The van der Waals surface area contributed by atoms with E-state index in [1.54, 1.807) is 12.1 Å². The van der Waals surface area contributed by atoms with Crippen molar-refractivity contribution in [3.8, 4) is 5.75 Å². The Morgan fingerprint density at radius 3 is 2.71 bits per heavy atom. The fourth-order valence-corrected chi connectivity index (χ4v) is 1.61. The monoisotopic (exact) mass is 251 g/mol. The smallest absolute Gasteiger partial charge is 0.138 e. The average Bonchev–Trinajstić information content (AvgIpc) is 2.32. The highest BCUT2D eigenvalue weighted by Gasteiger charge is 2.04. The second-order valence-corrected chi connectivity index (χ2v) is 3.97. The molecule has 0 heterocycles. The van der Waals surface area contributed by atoms with Crippen LogP contribution in [0.15, 0.2) is 42.5 Å². The third-order valence-electron chi connectivity index (χ3n) is 2.32. The van der Waals surface area contributed by atoms with Crippen LogP contribution in [0.5, 0.6) is 5.75 Å². The summed E-state index contributed by atoms with van der Waals surface area (Å²) in [7, 11) is 0. The maximum Gasteiger partial charge on any atom is 0.138 e. The van der Waals surface area contributed by atoms with Crippen molar-refractivity contribution in [2.24, 2.45) is 0 Å². The quantitative estimate of drug-likeness (QED) is 0.846. The molecule has 2 N–H and O–H groups in total. The Kier molecular flexibility index (Phi) is 3.49. The lowest BCUT2D eigenvalue weighted by Crippen LogP contribution is -2.01. The van der Waals surface area contributed by atoms with E-state index in [1.807, 2.05) is 12.1 Å². The molecule has 4 heteroatoms. The molecule has 0 aliphatic rings. The van der Waals surface area contributed by atoms with Crippen LogP contribution in [0, 0.1) is 5.82 Å². The number of halogens is 2. The fourth-order valence-electron chi connectivity index (χ4n) is 1.42. The molecule has 2 nitrogen and oxygen atoms in total. The van der Waals surface area contributed by atoms with E-state index >= 15 is 0 Å². The second kappa shape index (κ2) is 5.06. The summed E-state index contributed by atoms with van der Waals surface area (Å²) in [6, 6.07) is 11.3. The first kappa shape index (κ1) is 11.7. The van der Waals surface area contributed by atoms with E-state index in [9.17, 15) is 4.39 Å². The van der Waals surface area contributed by atoms with Crippen LogP contribution in [-0.4, -0.2) is 0 Å². The topological polar surface area (TPSA) is 35.2 Å². The molecule has 17 heavy (non-hydrogen) atoms. The van der Waals surface area contributed by atoms with Gasteiger partial charge in [-0.1, -0.05) is 23.7 Å². The summed E-state index contributed by atoms with van der Waals surface area (Å²) >= 11 is 5.93. The van der Waals surface area contributed by atoms with Gasteiger partial charge in [-0.05, 0) is 30.3 Å². The summed E-state index contributed by atoms with van der Waals surface area (Å²) in [6.45, 7) is 0.188. The SMILES string of the molecule is Nc1ccc(F)cc1COc1ccccc1Cl. The summed E-state index contributed by atoms with van der Waals surface area (Å²) in [5, 5.41) is 0.516. The van der Waals surface area contributed by atoms with E-state index < -0.39 is 0 Å². The summed E-state index contributed by atoms with van der Waals surface area (Å²) in [5.74, 6) is 0.217. The lowest BCUT2D eigenvalue weighted by Gasteiger charge is -2.09. The van der Waals surface area contributed by atoms with Gasteiger partial charge < -0.3 is 10.5 Å². The number of nitrogen functional groups attached to an aromatic ring is 1. The summed E-state index contributed by atoms with van der Waals surface area (Å²) in [5.41, 5.74) is 6.81. The Balaban J connectivity index is 2.12. The van der Waals surface area contributed by atoms with Crippen LogP contribution < -0.4 is 10.5 Å². The van der Waals surface area contributed by atoms with E-state index in [4.69, 9.17) is 22.1 Å². The van der Waals surface area contributed by atoms with E-state index in [1.165, 1.54) is 18.2 Å². The predicted octanol–water partition coefficient (Wildman–Crippen LogP) is 3.64. The molecule has 0 aliphatic carbocycles. The van der Waals surface area contributed by atoms with Gasteiger partial charge in [0.25, 0.3) is 0 Å². The van der Waals surface area contributed by atoms with Gasteiger partial charge in [0.15, 0.2) is 0 Å². The molecule has 0 saturated carbocycles. The van der Waals surface area contributed by atoms with Crippen LogP contribution in [0.3, 0.4) is 0 Å². The van der Waals surface area contributed by atoms with Gasteiger partial charge in [0.2, 0.25) is 0 Å². The number of para-hydroxylation sites is 1. The second-order valence-electron chi connectivity index (χ2n) is 3.56. The van der Waals surface area contributed by atoms with Crippen molar-refractivity contribution >= 4 is 17.3 Å². The van der Waals surface area contributed by atoms with Crippen LogP contribution in [0.1, 0.15) is 5.56 Å². The normalized spacial score (nSPS) is 10.2. The van der Waals surface area contributed by atoms with Crippen LogP contribution in [0.25, 0.3) is 0 Å². The molecule has 0 radical (unpaired) electrons. The van der Waals surface area contributed by atoms with E-state index in [0.29, 0.717) is 22.0 Å². The van der Waals surface area contributed by atoms with Gasteiger partial charge in [0, 0.05) is 11.3 Å². The summed E-state index contributed by atoms with van der Waals surface area (Å²) in [6.07, 6.45) is 0. The highest BCUT2D eigenvalue weighted by Crippen LogP contribution is 2.25. The highest BCUT2D eigenvalue weighted by atomic mass is 35.5. The molecule has 0 fully saturated rings. The van der Waals surface area contributed by atoms with Gasteiger partial charge in [0.1, 0.15) is 18.2 Å². The summed E-state index contributed by atoms with van der Waals surface area (Å²) in [4.78, 5) is 0. The maximum atomic E-state index is 13.0. The minimum absolute atomic E-state index is 0.188. The van der Waals surface area contributed by atoms with E-state index in [-0.39, 0.29) is 12.4 Å². The Morgan fingerprint density at radius 1 is 1.18 bits per heavy atom. The van der Waals surface area contributed by atoms with Crippen molar-refractivity contribution in [3.05, 3.63) is 58.9 Å². The van der Waals surface area contributed by atoms with Gasteiger partial charge in [-0.25, -0.2) is 4.39 Å².